The molecule has 1 aliphatic rings. The Morgan fingerprint density at radius 2 is 2.32 bits per heavy atom. The molecule has 2 heterocycles. The first kappa shape index (κ1) is 6.22. The molecule has 106 valence electrons. The van der Waals surface area contributed by atoms with Crippen LogP contribution in [0.25, 0.3) is 5.57 Å². The van der Waals surface area contributed by atoms with Gasteiger partial charge in [0, 0.05) is 24.1 Å². The molecule has 1 aromatic heterocycles. The smallest absolute Gasteiger partial charge is 0.253 e. The van der Waals surface area contributed by atoms with E-state index in [9.17, 15) is 0 Å². The van der Waals surface area contributed by atoms with E-state index in [2.05, 4.69) is 8.75 Å². The van der Waals surface area contributed by atoms with Crippen molar-refractivity contribution < 1.29 is 18.4 Å². The zero-order chi connectivity index (χ0) is 22.5. The minimum absolute atomic E-state index is 0.218. The van der Waals surface area contributed by atoms with Gasteiger partial charge in [0.2, 0.25) is 0 Å². The van der Waals surface area contributed by atoms with Crippen molar-refractivity contribution in [1.82, 2.24) is 13.6 Å². The lowest BCUT2D eigenvalue weighted by Crippen LogP contribution is -2.25. The van der Waals surface area contributed by atoms with Crippen molar-refractivity contribution in [1.29, 1.82) is 0 Å². The van der Waals surface area contributed by atoms with E-state index < -0.39 is 32.1 Å². The Kier molecular flexibility index (Phi) is 2.49. The fraction of sp³-hybridized carbons (Fsp3) is 0.714. The van der Waals surface area contributed by atoms with Crippen molar-refractivity contribution in [2.45, 2.75) is 38.8 Å². The molecule has 0 N–H and O–H groups in total. The largest absolute Gasteiger partial charge is 0.475 e. The lowest BCUT2D eigenvalue weighted by molar-refractivity contribution is 0.294. The molecule has 0 radical (unpaired) electrons. The average Bonchev–Trinajstić information content (AvgIpc) is 3.00. The maximum absolute atomic E-state index is 8.04. The van der Waals surface area contributed by atoms with E-state index in [0.29, 0.717) is 12.1 Å². The van der Waals surface area contributed by atoms with E-state index in [1.54, 1.807) is 0 Å². The van der Waals surface area contributed by atoms with E-state index in [1.807, 2.05) is 18.0 Å². The number of rotatable bonds is 7. The van der Waals surface area contributed by atoms with E-state index in [1.165, 1.54) is 0 Å². The van der Waals surface area contributed by atoms with Crippen molar-refractivity contribution >= 4 is 17.3 Å². The molecule has 0 aliphatic carbocycles. The van der Waals surface area contributed by atoms with Crippen molar-refractivity contribution in [3.63, 3.8) is 0 Å². The third kappa shape index (κ3) is 4.28. The van der Waals surface area contributed by atoms with Crippen LogP contribution >= 0.6 is 11.7 Å². The Hall–Kier alpha value is -0.940. The molecule has 0 saturated heterocycles. The van der Waals surface area contributed by atoms with Crippen LogP contribution in [0.3, 0.4) is 0 Å². The van der Waals surface area contributed by atoms with Gasteiger partial charge in [-0.05, 0) is 25.4 Å². The number of aromatic nitrogens is 2. The second-order valence-electron chi connectivity index (χ2n) is 4.00. The van der Waals surface area contributed by atoms with Crippen LogP contribution in [0.1, 0.15) is 58.2 Å². The Labute approximate surface area is 133 Å². The molecule has 0 spiro atoms. The Morgan fingerprint density at radius 1 is 1.42 bits per heavy atom. The summed E-state index contributed by atoms with van der Waals surface area (Å²) in [5.41, 5.74) is 0.928. The van der Waals surface area contributed by atoms with Gasteiger partial charge in [-0.25, -0.2) is 0 Å². The first-order chi connectivity index (χ1) is 13.0. The monoisotopic (exact) mass is 291 g/mol. The van der Waals surface area contributed by atoms with E-state index in [-0.39, 0.29) is 11.6 Å². The maximum atomic E-state index is 8.04. The normalized spacial score (nSPS) is 28.0. The van der Waals surface area contributed by atoms with Gasteiger partial charge in [-0.1, -0.05) is 32.1 Å². The van der Waals surface area contributed by atoms with Crippen LogP contribution in [0.15, 0.2) is 6.08 Å². The average molecular weight is 291 g/mol. The zero-order valence-corrected chi connectivity index (χ0v) is 11.7. The Balaban J connectivity index is 2.39. The lowest BCUT2D eigenvalue weighted by atomic mass is 10.1. The summed E-state index contributed by atoms with van der Waals surface area (Å²) in [4.78, 5) is 2.00. The second kappa shape index (κ2) is 7.60. The summed E-state index contributed by atoms with van der Waals surface area (Å²) in [6.45, 7) is -1.28. The highest BCUT2D eigenvalue weighted by atomic mass is 32.1. The zero-order valence-electron chi connectivity index (χ0n) is 20.9. The SMILES string of the molecule is [2H]C([2H])(C)C([2H])([2H])C([2H])([2H])C([2H])([2H])C([2H])([2H])Oc1nsnc1C1=CCCN(C)C1. The van der Waals surface area contributed by atoms with Crippen LogP contribution in [-0.4, -0.2) is 40.3 Å². The molecule has 0 saturated carbocycles. The lowest BCUT2D eigenvalue weighted by Gasteiger charge is -2.22. The summed E-state index contributed by atoms with van der Waals surface area (Å²) in [5.74, 6) is -0.318. The van der Waals surface area contributed by atoms with Crippen LogP contribution in [0.5, 0.6) is 5.88 Å². The number of ether oxygens (including phenoxy) is 1. The number of hydrogen-bond acceptors (Lipinski definition) is 5. The third-order valence-corrected chi connectivity index (χ3v) is 3.06. The standard InChI is InChI=1S/C14H23N3OS/c1-3-4-5-6-10-18-14-13(15-19-16-14)12-8-7-9-17(2)11-12/h8H,3-7,9-11H2,1-2H3/i3D2,4D2,5D2,6D2,10D2. The maximum Gasteiger partial charge on any atom is 0.253 e. The van der Waals surface area contributed by atoms with Crippen LogP contribution in [0, 0.1) is 0 Å². The predicted octanol–water partition coefficient (Wildman–Crippen LogP) is 3.22. The molecule has 19 heavy (non-hydrogen) atoms. The second-order valence-corrected chi connectivity index (χ2v) is 4.53. The number of nitrogens with zero attached hydrogens (tertiary/aromatic N) is 3. The number of likely N-dealkylation sites (N-methyl/N-ethyl adjacent to an activating group) is 1. The van der Waals surface area contributed by atoms with Crippen molar-refractivity contribution in [2.24, 2.45) is 0 Å². The first-order valence-corrected chi connectivity index (χ1v) is 6.58. The van der Waals surface area contributed by atoms with Gasteiger partial charge in [0.05, 0.1) is 21.0 Å². The van der Waals surface area contributed by atoms with Crippen molar-refractivity contribution in [3.05, 3.63) is 11.8 Å². The van der Waals surface area contributed by atoms with Gasteiger partial charge in [-0.15, -0.1) is 4.37 Å². The van der Waals surface area contributed by atoms with E-state index in [0.717, 1.165) is 31.6 Å². The molecule has 5 heteroatoms. The van der Waals surface area contributed by atoms with E-state index in [4.69, 9.17) is 18.4 Å². The van der Waals surface area contributed by atoms with Crippen molar-refractivity contribution in [3.8, 4) is 5.88 Å². The molecule has 2 rings (SSSR count). The molecule has 0 unspecified atom stereocenters. The van der Waals surface area contributed by atoms with Crippen molar-refractivity contribution in [2.75, 3.05) is 26.7 Å². The first-order valence-electron chi connectivity index (χ1n) is 10.9. The van der Waals surface area contributed by atoms with Crippen LogP contribution in [-0.2, 0) is 0 Å². The molecule has 1 aromatic rings. The third-order valence-electron chi connectivity index (χ3n) is 2.55. The number of hydrogen-bond donors (Lipinski definition) is 0. The highest BCUT2D eigenvalue weighted by Crippen LogP contribution is 2.27. The molecule has 0 atom stereocenters. The molecule has 0 aromatic carbocycles. The molecule has 0 amide bonds. The quantitative estimate of drug-likeness (QED) is 0.773. The predicted molar refractivity (Wildman–Crippen MR) is 79.6 cm³/mol. The summed E-state index contributed by atoms with van der Waals surface area (Å²) in [5, 5.41) is 0. The molecule has 0 bridgehead atoms. The summed E-state index contributed by atoms with van der Waals surface area (Å²) in [6, 6.07) is 0. The summed E-state index contributed by atoms with van der Waals surface area (Å²) in [7, 11) is 1.89. The van der Waals surface area contributed by atoms with Gasteiger partial charge in [0.1, 0.15) is 5.69 Å². The fourth-order valence-electron chi connectivity index (χ4n) is 1.70. The molecular formula is C14H23N3OS. The Morgan fingerprint density at radius 3 is 3.11 bits per heavy atom. The topological polar surface area (TPSA) is 38.3 Å². The van der Waals surface area contributed by atoms with Gasteiger partial charge in [0.25, 0.3) is 5.88 Å². The van der Waals surface area contributed by atoms with Gasteiger partial charge in [0.15, 0.2) is 0 Å². The molecule has 4 nitrogen and oxygen atoms in total. The van der Waals surface area contributed by atoms with Gasteiger partial charge in [-0.2, -0.15) is 4.37 Å². The molecule has 0 fully saturated rings. The summed E-state index contributed by atoms with van der Waals surface area (Å²) >= 11 is 0.728. The van der Waals surface area contributed by atoms with Crippen LogP contribution in [0.4, 0.5) is 0 Å². The molecular weight excluding hydrogens is 258 g/mol. The van der Waals surface area contributed by atoms with Gasteiger partial charge >= 0.3 is 0 Å². The fourth-order valence-corrected chi connectivity index (χ4v) is 2.22. The summed E-state index contributed by atoms with van der Waals surface area (Å²) < 4.78 is 91.8. The summed E-state index contributed by atoms with van der Waals surface area (Å²) in [6.07, 6.45) is -10.7. The Bertz CT molecular complexity index is 774. The minimum atomic E-state index is -3.59. The van der Waals surface area contributed by atoms with E-state index >= 15 is 0 Å². The molecule has 1 aliphatic heterocycles. The van der Waals surface area contributed by atoms with Crippen LogP contribution in [0.2, 0.25) is 0 Å². The van der Waals surface area contributed by atoms with Gasteiger partial charge in [-0.3, -0.25) is 0 Å². The minimum Gasteiger partial charge on any atom is -0.475 e. The van der Waals surface area contributed by atoms with Gasteiger partial charge < -0.3 is 9.64 Å². The highest BCUT2D eigenvalue weighted by Gasteiger charge is 2.18. The van der Waals surface area contributed by atoms with Crippen LogP contribution < -0.4 is 4.74 Å². The highest BCUT2D eigenvalue weighted by molar-refractivity contribution is 6.99.